The van der Waals surface area contributed by atoms with Crippen molar-refractivity contribution in [2.24, 2.45) is 0 Å². The highest BCUT2D eigenvalue weighted by atomic mass is 79.9. The summed E-state index contributed by atoms with van der Waals surface area (Å²) in [7, 11) is 0. The predicted octanol–water partition coefficient (Wildman–Crippen LogP) is 3.01. The molecule has 1 unspecified atom stereocenters. The topological polar surface area (TPSA) is 20.2 Å². The van der Waals surface area contributed by atoms with Gasteiger partial charge >= 0.3 is 0 Å². The molecule has 1 nitrogen and oxygen atoms in total. The van der Waals surface area contributed by atoms with E-state index in [9.17, 15) is 0 Å². The largest absolute Gasteiger partial charge is 0.396 e. The van der Waals surface area contributed by atoms with Crippen molar-refractivity contribution in [3.05, 3.63) is 40.2 Å². The zero-order valence-electron chi connectivity index (χ0n) is 6.43. The Morgan fingerprint density at radius 3 is 2.83 bits per heavy atom. The summed E-state index contributed by atoms with van der Waals surface area (Å²) in [5.41, 5.74) is 0.935. The maximum absolute atomic E-state index is 8.88. The number of aliphatic hydroxyl groups is 1. The fraction of sp³-hybridized carbons (Fsp3) is 0.222. The standard InChI is InChI=1S/C9H9BrClO/c1-6(5-12)7-3-2-4-8(11)9(7)10/h2-4,6,12H,1,5H2. The number of rotatable bonds is 2. The summed E-state index contributed by atoms with van der Waals surface area (Å²) in [5.74, 6) is -0.127. The lowest BCUT2D eigenvalue weighted by Crippen LogP contribution is -2.00. The Bertz CT molecular complexity index is 275. The molecule has 0 spiro atoms. The monoisotopic (exact) mass is 247 g/mol. The van der Waals surface area contributed by atoms with Gasteiger partial charge in [-0.15, -0.1) is 0 Å². The van der Waals surface area contributed by atoms with Crippen LogP contribution in [0.25, 0.3) is 0 Å². The lowest BCUT2D eigenvalue weighted by molar-refractivity contribution is 0.282. The molecule has 1 aromatic carbocycles. The molecule has 0 amide bonds. The molecule has 1 radical (unpaired) electrons. The quantitative estimate of drug-likeness (QED) is 0.853. The van der Waals surface area contributed by atoms with Crippen molar-refractivity contribution in [3.8, 4) is 0 Å². The van der Waals surface area contributed by atoms with Crippen LogP contribution in [0.15, 0.2) is 22.7 Å². The molecule has 1 N–H and O–H groups in total. The van der Waals surface area contributed by atoms with Crippen molar-refractivity contribution in [1.29, 1.82) is 0 Å². The highest BCUT2D eigenvalue weighted by Crippen LogP contribution is 2.30. The molecule has 0 aliphatic rings. The lowest BCUT2D eigenvalue weighted by atomic mass is 10.0. The van der Waals surface area contributed by atoms with Crippen LogP contribution in [0.3, 0.4) is 0 Å². The minimum atomic E-state index is -0.127. The molecular weight excluding hydrogens is 239 g/mol. The summed E-state index contributed by atoms with van der Waals surface area (Å²) >= 11 is 9.20. The SMILES string of the molecule is [CH2]C(CO)c1cccc(Cl)c1Br. The van der Waals surface area contributed by atoms with Crippen molar-refractivity contribution in [2.45, 2.75) is 5.92 Å². The van der Waals surface area contributed by atoms with Crippen LogP contribution < -0.4 is 0 Å². The van der Waals surface area contributed by atoms with E-state index in [1.807, 2.05) is 12.1 Å². The summed E-state index contributed by atoms with van der Waals surface area (Å²) in [6.07, 6.45) is 0. The molecule has 0 bridgehead atoms. The van der Waals surface area contributed by atoms with Gasteiger partial charge < -0.3 is 5.11 Å². The maximum atomic E-state index is 8.88. The number of benzene rings is 1. The van der Waals surface area contributed by atoms with Gasteiger partial charge in [-0.1, -0.05) is 23.7 Å². The first kappa shape index (κ1) is 10.0. The van der Waals surface area contributed by atoms with Crippen LogP contribution >= 0.6 is 27.5 Å². The molecule has 1 aromatic rings. The summed E-state index contributed by atoms with van der Waals surface area (Å²) in [5, 5.41) is 9.52. The van der Waals surface area contributed by atoms with Crippen molar-refractivity contribution >= 4 is 27.5 Å². The number of aliphatic hydroxyl groups excluding tert-OH is 1. The highest BCUT2D eigenvalue weighted by Gasteiger charge is 2.09. The summed E-state index contributed by atoms with van der Waals surface area (Å²) in [4.78, 5) is 0. The minimum absolute atomic E-state index is 0.0267. The summed E-state index contributed by atoms with van der Waals surface area (Å²) < 4.78 is 0.820. The predicted molar refractivity (Wildman–Crippen MR) is 54.3 cm³/mol. The smallest absolute Gasteiger partial charge is 0.0550 e. The molecular formula is C9H9BrClO. The number of hydrogen-bond donors (Lipinski definition) is 1. The first-order valence-electron chi connectivity index (χ1n) is 3.54. The van der Waals surface area contributed by atoms with Gasteiger partial charge in [-0.3, -0.25) is 0 Å². The zero-order valence-corrected chi connectivity index (χ0v) is 8.77. The summed E-state index contributed by atoms with van der Waals surface area (Å²) in [6.45, 7) is 3.82. The van der Waals surface area contributed by atoms with Crippen LogP contribution in [0.2, 0.25) is 5.02 Å². The van der Waals surface area contributed by atoms with Gasteiger partial charge in [-0.2, -0.15) is 0 Å². The van der Waals surface area contributed by atoms with Crippen LogP contribution in [0.4, 0.5) is 0 Å². The Morgan fingerprint density at radius 2 is 2.25 bits per heavy atom. The zero-order chi connectivity index (χ0) is 9.14. The molecule has 0 heterocycles. The van der Waals surface area contributed by atoms with E-state index in [0.29, 0.717) is 5.02 Å². The normalized spacial score (nSPS) is 13.0. The number of halogens is 2. The van der Waals surface area contributed by atoms with Crippen LogP contribution in [-0.4, -0.2) is 11.7 Å². The second-order valence-corrected chi connectivity index (χ2v) is 3.72. The van der Waals surface area contributed by atoms with E-state index in [4.69, 9.17) is 16.7 Å². The third-order valence-corrected chi connectivity index (χ3v) is 3.07. The molecule has 0 aromatic heterocycles. The number of hydrogen-bond acceptors (Lipinski definition) is 1. The van der Waals surface area contributed by atoms with Gasteiger partial charge in [-0.05, 0) is 34.5 Å². The minimum Gasteiger partial charge on any atom is -0.396 e. The van der Waals surface area contributed by atoms with Crippen molar-refractivity contribution in [3.63, 3.8) is 0 Å². The van der Waals surface area contributed by atoms with Gasteiger partial charge in [0, 0.05) is 17.0 Å². The summed E-state index contributed by atoms with van der Waals surface area (Å²) in [6, 6.07) is 5.53. The van der Waals surface area contributed by atoms with Gasteiger partial charge in [0.2, 0.25) is 0 Å². The average molecular weight is 249 g/mol. The van der Waals surface area contributed by atoms with E-state index >= 15 is 0 Å². The Kier molecular flexibility index (Phi) is 3.56. The molecule has 1 atom stereocenters. The molecule has 65 valence electrons. The average Bonchev–Trinajstić information content (AvgIpc) is 2.08. The van der Waals surface area contributed by atoms with Crippen LogP contribution in [-0.2, 0) is 0 Å². The Labute approximate surface area is 85.5 Å². The second-order valence-electron chi connectivity index (χ2n) is 2.52. The van der Waals surface area contributed by atoms with Gasteiger partial charge in [0.15, 0.2) is 0 Å². The Hall–Kier alpha value is -0.0500. The fourth-order valence-corrected chi connectivity index (χ4v) is 1.70. The van der Waals surface area contributed by atoms with E-state index in [-0.39, 0.29) is 12.5 Å². The molecule has 0 aliphatic carbocycles. The second kappa shape index (κ2) is 4.26. The maximum Gasteiger partial charge on any atom is 0.0550 e. The van der Waals surface area contributed by atoms with Gasteiger partial charge in [0.05, 0.1) is 5.02 Å². The Morgan fingerprint density at radius 1 is 1.58 bits per heavy atom. The van der Waals surface area contributed by atoms with E-state index in [0.717, 1.165) is 10.0 Å². The molecule has 0 saturated heterocycles. The molecule has 0 fully saturated rings. The van der Waals surface area contributed by atoms with E-state index in [1.165, 1.54) is 0 Å². The van der Waals surface area contributed by atoms with Crippen LogP contribution in [0.1, 0.15) is 11.5 Å². The first-order valence-corrected chi connectivity index (χ1v) is 4.71. The first-order chi connectivity index (χ1) is 5.66. The lowest BCUT2D eigenvalue weighted by Gasteiger charge is -2.10. The molecule has 0 saturated carbocycles. The van der Waals surface area contributed by atoms with Crippen molar-refractivity contribution in [1.82, 2.24) is 0 Å². The molecule has 0 aliphatic heterocycles. The fourth-order valence-electron chi connectivity index (χ4n) is 0.934. The van der Waals surface area contributed by atoms with E-state index in [2.05, 4.69) is 22.9 Å². The van der Waals surface area contributed by atoms with Gasteiger partial charge in [-0.25, -0.2) is 0 Å². The third kappa shape index (κ3) is 2.00. The van der Waals surface area contributed by atoms with Gasteiger partial charge in [0.1, 0.15) is 0 Å². The van der Waals surface area contributed by atoms with E-state index < -0.39 is 0 Å². The van der Waals surface area contributed by atoms with Crippen LogP contribution in [0, 0.1) is 6.92 Å². The van der Waals surface area contributed by atoms with Gasteiger partial charge in [0.25, 0.3) is 0 Å². The van der Waals surface area contributed by atoms with E-state index in [1.54, 1.807) is 6.07 Å². The molecule has 12 heavy (non-hydrogen) atoms. The third-order valence-electron chi connectivity index (χ3n) is 1.64. The highest BCUT2D eigenvalue weighted by molar-refractivity contribution is 9.10. The van der Waals surface area contributed by atoms with Crippen molar-refractivity contribution < 1.29 is 5.11 Å². The molecule has 3 heteroatoms. The van der Waals surface area contributed by atoms with Crippen LogP contribution in [0.5, 0.6) is 0 Å². The molecule has 1 rings (SSSR count). The van der Waals surface area contributed by atoms with Crippen molar-refractivity contribution in [2.75, 3.05) is 6.61 Å². The Balaban J connectivity index is 3.07.